The van der Waals surface area contributed by atoms with Crippen LogP contribution in [0.4, 0.5) is 0 Å². The van der Waals surface area contributed by atoms with Gasteiger partial charge in [0.1, 0.15) is 5.03 Å². The van der Waals surface area contributed by atoms with Crippen LogP contribution in [0.15, 0.2) is 11.1 Å². The number of hydrogen-bond acceptors (Lipinski definition) is 6. The second kappa shape index (κ2) is 23.4. The Labute approximate surface area is 274 Å². The number of sulfone groups is 1. The Morgan fingerprint density at radius 3 is 1.67 bits per heavy atom. The van der Waals surface area contributed by atoms with Gasteiger partial charge in [0.05, 0.1) is 18.3 Å². The van der Waals surface area contributed by atoms with Gasteiger partial charge in [0, 0.05) is 19.1 Å². The van der Waals surface area contributed by atoms with E-state index in [0.29, 0.717) is 32.3 Å². The third-order valence-electron chi connectivity index (χ3n) is 9.54. The molecule has 0 heterocycles. The van der Waals surface area contributed by atoms with Crippen LogP contribution in [0.3, 0.4) is 0 Å². The smallest absolute Gasteiger partial charge is 0.234 e. The first-order chi connectivity index (χ1) is 21.8. The van der Waals surface area contributed by atoms with Crippen LogP contribution in [-0.4, -0.2) is 69.0 Å². The van der Waals surface area contributed by atoms with E-state index in [9.17, 15) is 22.8 Å². The zero-order valence-electron chi connectivity index (χ0n) is 28.5. The summed E-state index contributed by atoms with van der Waals surface area (Å²) in [6.07, 6.45) is 23.3. The molecule has 2 saturated carbocycles. The highest BCUT2D eigenvalue weighted by molar-refractivity contribution is 7.95. The predicted octanol–water partition coefficient (Wildman–Crippen LogP) is 6.14. The molecule has 0 aliphatic heterocycles. The Morgan fingerprint density at radius 1 is 0.689 bits per heavy atom. The summed E-state index contributed by atoms with van der Waals surface area (Å²) >= 11 is 0. The number of unbranched alkanes of at least 4 members (excludes halogenated alkanes) is 10. The van der Waals surface area contributed by atoms with Gasteiger partial charge in [-0.15, -0.1) is 0 Å². The molecule has 0 spiro atoms. The number of carbonyl (C=O) groups is 3. The molecule has 0 aromatic rings. The van der Waals surface area contributed by atoms with Crippen LogP contribution in [0.2, 0.25) is 0 Å². The molecule has 2 fully saturated rings. The lowest BCUT2D eigenvalue weighted by atomic mass is 9.85. The van der Waals surface area contributed by atoms with E-state index >= 15 is 0 Å². The van der Waals surface area contributed by atoms with E-state index in [1.807, 2.05) is 4.90 Å². The predicted molar refractivity (Wildman–Crippen MR) is 183 cm³/mol. The summed E-state index contributed by atoms with van der Waals surface area (Å²) in [5.74, 6) is -0.0809. The van der Waals surface area contributed by atoms with Crippen LogP contribution in [0.1, 0.15) is 149 Å². The van der Waals surface area contributed by atoms with Crippen molar-refractivity contribution >= 4 is 28.1 Å². The third kappa shape index (κ3) is 15.9. The summed E-state index contributed by atoms with van der Waals surface area (Å²) in [5.41, 5.74) is 0. The highest BCUT2D eigenvalue weighted by atomic mass is 32.2. The molecule has 45 heavy (non-hydrogen) atoms. The van der Waals surface area contributed by atoms with Crippen LogP contribution >= 0.6 is 0 Å². The van der Waals surface area contributed by atoms with E-state index in [0.717, 1.165) is 70.6 Å². The summed E-state index contributed by atoms with van der Waals surface area (Å²) < 4.78 is 26.7. The number of nitrogens with zero attached hydrogens (tertiary/aromatic N) is 1. The SMILES string of the molecule is CCCCCCCCNC(=O)CN(CC(=O)NCCCCCCCC)C1CCC(C=C(NC=O)S(=O)(=O)C2CCCCC2)CC1. The number of rotatable bonds is 24. The highest BCUT2D eigenvalue weighted by Crippen LogP contribution is 2.32. The molecular weight excluding hydrogens is 588 g/mol. The molecule has 0 atom stereocenters. The normalized spacial score (nSPS) is 19.8. The molecule has 2 rings (SSSR count). The molecule has 3 amide bonds. The number of nitrogens with one attached hydrogen (secondary N) is 3. The molecule has 3 N–H and O–H groups in total. The molecule has 0 aromatic heterocycles. The number of hydrogen-bond donors (Lipinski definition) is 3. The lowest BCUT2D eigenvalue weighted by Gasteiger charge is -2.36. The Morgan fingerprint density at radius 2 is 1.18 bits per heavy atom. The fourth-order valence-corrected chi connectivity index (χ4v) is 8.65. The molecule has 2 aliphatic carbocycles. The van der Waals surface area contributed by atoms with Gasteiger partial charge >= 0.3 is 0 Å². The molecule has 10 heteroatoms. The van der Waals surface area contributed by atoms with Crippen molar-refractivity contribution in [2.45, 2.75) is 160 Å². The van der Waals surface area contributed by atoms with E-state index in [1.165, 1.54) is 51.4 Å². The minimum Gasteiger partial charge on any atom is -0.355 e. The molecule has 0 bridgehead atoms. The number of carbonyl (C=O) groups excluding carboxylic acids is 3. The van der Waals surface area contributed by atoms with Gasteiger partial charge in [0.2, 0.25) is 18.2 Å². The maximum absolute atomic E-state index is 13.3. The zero-order valence-corrected chi connectivity index (χ0v) is 29.3. The second-order valence-corrected chi connectivity index (χ2v) is 15.5. The quantitative estimate of drug-likeness (QED) is 0.0851. The summed E-state index contributed by atoms with van der Waals surface area (Å²) in [5, 5.41) is 8.25. The standard InChI is InChI=1S/C35H64N4O5S/c1-3-5-7-9-11-16-24-36-33(41)27-39(28-34(42)37-25-17-12-10-8-6-4-2)31-22-20-30(21-23-31)26-35(38-29-40)45(43,44)32-18-14-13-15-19-32/h26,29-32H,3-25,27-28H2,1-2H3,(H,36,41)(H,37,42)(H,38,40). The Bertz CT molecular complexity index is 941. The van der Waals surface area contributed by atoms with Crippen molar-refractivity contribution in [1.82, 2.24) is 20.9 Å². The van der Waals surface area contributed by atoms with Gasteiger partial charge in [-0.3, -0.25) is 19.3 Å². The molecule has 0 radical (unpaired) electrons. The molecule has 0 saturated heterocycles. The van der Waals surface area contributed by atoms with E-state index in [-0.39, 0.29) is 41.9 Å². The third-order valence-corrected chi connectivity index (χ3v) is 11.8. The summed E-state index contributed by atoms with van der Waals surface area (Å²) in [7, 11) is -3.58. The average Bonchev–Trinajstić information content (AvgIpc) is 3.04. The van der Waals surface area contributed by atoms with Crippen molar-refractivity contribution in [3.63, 3.8) is 0 Å². The van der Waals surface area contributed by atoms with Crippen LogP contribution < -0.4 is 16.0 Å². The Balaban J connectivity index is 1.95. The fraction of sp³-hybridized carbons (Fsp3) is 0.857. The fourth-order valence-electron chi connectivity index (χ4n) is 6.75. The minimum atomic E-state index is -3.58. The van der Waals surface area contributed by atoms with E-state index in [1.54, 1.807) is 6.08 Å². The zero-order chi connectivity index (χ0) is 32.8. The van der Waals surface area contributed by atoms with Crippen molar-refractivity contribution < 1.29 is 22.8 Å². The highest BCUT2D eigenvalue weighted by Gasteiger charge is 2.33. The van der Waals surface area contributed by atoms with E-state index in [2.05, 4.69) is 29.8 Å². The summed E-state index contributed by atoms with van der Waals surface area (Å²) in [6, 6.07) is 0.0617. The van der Waals surface area contributed by atoms with Gasteiger partial charge in [0.15, 0.2) is 9.84 Å². The van der Waals surface area contributed by atoms with Crippen molar-refractivity contribution in [3.8, 4) is 0 Å². The number of allylic oxidation sites excluding steroid dienone is 1. The van der Waals surface area contributed by atoms with Crippen molar-refractivity contribution in [3.05, 3.63) is 11.1 Å². The average molecular weight is 653 g/mol. The lowest BCUT2D eigenvalue weighted by Crippen LogP contribution is -2.49. The molecular formula is C35H64N4O5S. The van der Waals surface area contributed by atoms with Crippen LogP contribution in [0, 0.1) is 5.92 Å². The first-order valence-corrected chi connectivity index (χ1v) is 19.8. The van der Waals surface area contributed by atoms with Gasteiger partial charge < -0.3 is 16.0 Å². The molecule has 260 valence electrons. The summed E-state index contributed by atoms with van der Waals surface area (Å²) in [4.78, 5) is 39.2. The van der Waals surface area contributed by atoms with Gasteiger partial charge in [-0.25, -0.2) is 8.42 Å². The molecule has 9 nitrogen and oxygen atoms in total. The largest absolute Gasteiger partial charge is 0.355 e. The molecule has 2 aliphatic rings. The van der Waals surface area contributed by atoms with Crippen molar-refractivity contribution in [2.75, 3.05) is 26.2 Å². The lowest BCUT2D eigenvalue weighted by molar-refractivity contribution is -0.126. The monoisotopic (exact) mass is 652 g/mol. The van der Waals surface area contributed by atoms with E-state index in [4.69, 9.17) is 0 Å². The maximum atomic E-state index is 13.3. The van der Waals surface area contributed by atoms with Crippen molar-refractivity contribution in [2.24, 2.45) is 5.92 Å². The topological polar surface area (TPSA) is 125 Å². The van der Waals surface area contributed by atoms with Crippen LogP contribution in [-0.2, 0) is 24.2 Å². The van der Waals surface area contributed by atoms with Crippen LogP contribution in [0.25, 0.3) is 0 Å². The maximum Gasteiger partial charge on any atom is 0.234 e. The first-order valence-electron chi connectivity index (χ1n) is 18.2. The second-order valence-electron chi connectivity index (χ2n) is 13.3. The van der Waals surface area contributed by atoms with Gasteiger partial charge in [-0.1, -0.05) is 97.3 Å². The van der Waals surface area contributed by atoms with Crippen LogP contribution in [0.5, 0.6) is 0 Å². The summed E-state index contributed by atoms with van der Waals surface area (Å²) in [6.45, 7) is 6.08. The Hall–Kier alpha value is -1.94. The minimum absolute atomic E-state index is 0.0204. The van der Waals surface area contributed by atoms with Gasteiger partial charge in [0.25, 0.3) is 0 Å². The van der Waals surface area contributed by atoms with Gasteiger partial charge in [-0.05, 0) is 63.4 Å². The van der Waals surface area contributed by atoms with E-state index < -0.39 is 15.1 Å². The first kappa shape index (κ1) is 39.2. The number of amides is 3. The Kier molecular flexibility index (Phi) is 20.4. The molecule has 0 aromatic carbocycles. The van der Waals surface area contributed by atoms with Crippen molar-refractivity contribution in [1.29, 1.82) is 0 Å². The molecule has 0 unspecified atom stereocenters. The van der Waals surface area contributed by atoms with Gasteiger partial charge in [-0.2, -0.15) is 0 Å².